The molecule has 2 aromatic carbocycles. The Morgan fingerprint density at radius 1 is 0.968 bits per heavy atom. The van der Waals surface area contributed by atoms with Gasteiger partial charge in [-0.3, -0.25) is 9.89 Å². The van der Waals surface area contributed by atoms with Crippen molar-refractivity contribution in [3.05, 3.63) is 72.4 Å². The van der Waals surface area contributed by atoms with Crippen molar-refractivity contribution in [1.82, 2.24) is 20.1 Å². The van der Waals surface area contributed by atoms with Crippen LogP contribution in [-0.4, -0.2) is 59.2 Å². The van der Waals surface area contributed by atoms with E-state index in [1.165, 1.54) is 0 Å². The second-order valence-corrected chi connectivity index (χ2v) is 7.85. The molecule has 1 aliphatic rings. The van der Waals surface area contributed by atoms with Crippen LogP contribution >= 0.6 is 0 Å². The number of carbonyl (C=O) groups is 1. The van der Waals surface area contributed by atoms with Gasteiger partial charge in [0.05, 0.1) is 5.39 Å². The number of aromatic amines is 1. The number of amides is 1. The van der Waals surface area contributed by atoms with E-state index in [2.05, 4.69) is 37.3 Å². The molecule has 7 nitrogen and oxygen atoms in total. The van der Waals surface area contributed by atoms with Crippen LogP contribution in [0.1, 0.15) is 10.4 Å². The van der Waals surface area contributed by atoms with E-state index in [-0.39, 0.29) is 5.91 Å². The van der Waals surface area contributed by atoms with Crippen LogP contribution in [0.25, 0.3) is 22.2 Å². The number of nitrogens with zero attached hydrogens (tertiary/aromatic N) is 4. The number of pyridine rings is 1. The fourth-order valence-electron chi connectivity index (χ4n) is 3.86. The second kappa shape index (κ2) is 8.20. The van der Waals surface area contributed by atoms with Crippen LogP contribution < -0.4 is 10.2 Å². The molecule has 0 bridgehead atoms. The van der Waals surface area contributed by atoms with E-state index in [9.17, 15) is 4.79 Å². The molecule has 0 aliphatic carbocycles. The van der Waals surface area contributed by atoms with E-state index in [0.717, 1.165) is 48.4 Å². The maximum Gasteiger partial charge on any atom is 0.256 e. The van der Waals surface area contributed by atoms with Crippen molar-refractivity contribution < 1.29 is 4.79 Å². The first-order chi connectivity index (χ1) is 15.2. The molecule has 0 spiro atoms. The van der Waals surface area contributed by atoms with Gasteiger partial charge in [0.25, 0.3) is 5.91 Å². The van der Waals surface area contributed by atoms with Crippen molar-refractivity contribution in [1.29, 1.82) is 0 Å². The molecular formula is C24H24N6O. The molecule has 7 heteroatoms. The zero-order valence-electron chi connectivity index (χ0n) is 17.4. The highest BCUT2D eigenvalue weighted by atomic mass is 16.1. The van der Waals surface area contributed by atoms with E-state index in [4.69, 9.17) is 0 Å². The molecule has 0 atom stereocenters. The minimum atomic E-state index is -0.191. The highest BCUT2D eigenvalue weighted by Crippen LogP contribution is 2.26. The van der Waals surface area contributed by atoms with Gasteiger partial charge in [-0.2, -0.15) is 5.10 Å². The number of likely N-dealkylation sites (N-methyl/N-ethyl adjacent to an activating group) is 1. The molecule has 1 amide bonds. The van der Waals surface area contributed by atoms with Crippen molar-refractivity contribution in [3.8, 4) is 11.1 Å². The molecule has 156 valence electrons. The summed E-state index contributed by atoms with van der Waals surface area (Å²) in [5.41, 5.74) is 4.42. The van der Waals surface area contributed by atoms with E-state index in [0.29, 0.717) is 17.0 Å². The molecule has 4 aromatic rings. The lowest BCUT2D eigenvalue weighted by atomic mass is 10.1. The normalized spacial score (nSPS) is 14.7. The number of hydrogen-bond acceptors (Lipinski definition) is 5. The molecule has 1 aliphatic heterocycles. The highest BCUT2D eigenvalue weighted by molar-refractivity contribution is 6.08. The number of piperazine rings is 1. The Hall–Kier alpha value is -3.71. The highest BCUT2D eigenvalue weighted by Gasteiger charge is 2.16. The van der Waals surface area contributed by atoms with Crippen LogP contribution in [0.4, 0.5) is 11.5 Å². The van der Waals surface area contributed by atoms with Gasteiger partial charge in [0.1, 0.15) is 0 Å². The van der Waals surface area contributed by atoms with Crippen LogP contribution in [0.3, 0.4) is 0 Å². The van der Waals surface area contributed by atoms with Crippen molar-refractivity contribution in [2.24, 2.45) is 0 Å². The van der Waals surface area contributed by atoms with Crippen molar-refractivity contribution >= 4 is 28.4 Å². The molecule has 0 unspecified atom stereocenters. The summed E-state index contributed by atoms with van der Waals surface area (Å²) < 4.78 is 0. The molecular weight excluding hydrogens is 388 g/mol. The Bertz CT molecular complexity index is 1190. The Kier molecular flexibility index (Phi) is 5.09. The van der Waals surface area contributed by atoms with Crippen molar-refractivity contribution in [3.63, 3.8) is 0 Å². The summed E-state index contributed by atoms with van der Waals surface area (Å²) in [4.78, 5) is 22.0. The summed E-state index contributed by atoms with van der Waals surface area (Å²) >= 11 is 0. The number of fused-ring (bicyclic) bond motifs is 1. The first-order valence-electron chi connectivity index (χ1n) is 10.4. The van der Waals surface area contributed by atoms with E-state index < -0.39 is 0 Å². The SMILES string of the molecule is CN1CCN(c2ccc(C(=O)Nc3n[nH]c4ncc(-c5ccccc5)cc34)cc2)CC1. The van der Waals surface area contributed by atoms with Gasteiger partial charge in [0, 0.05) is 49.2 Å². The number of anilines is 2. The minimum Gasteiger partial charge on any atom is -0.369 e. The van der Waals surface area contributed by atoms with Gasteiger partial charge < -0.3 is 15.1 Å². The maximum absolute atomic E-state index is 12.8. The third-order valence-electron chi connectivity index (χ3n) is 5.75. The molecule has 2 N–H and O–H groups in total. The number of nitrogens with one attached hydrogen (secondary N) is 2. The van der Waals surface area contributed by atoms with Gasteiger partial charge in [-0.25, -0.2) is 4.98 Å². The zero-order chi connectivity index (χ0) is 21.2. The average molecular weight is 412 g/mol. The van der Waals surface area contributed by atoms with Crippen LogP contribution in [0.2, 0.25) is 0 Å². The lowest BCUT2D eigenvalue weighted by Crippen LogP contribution is -2.44. The van der Waals surface area contributed by atoms with E-state index in [1.54, 1.807) is 6.20 Å². The summed E-state index contributed by atoms with van der Waals surface area (Å²) in [5.74, 6) is 0.289. The van der Waals surface area contributed by atoms with Gasteiger partial charge in [-0.05, 0) is 42.9 Å². The second-order valence-electron chi connectivity index (χ2n) is 7.85. The molecule has 3 heterocycles. The fourth-order valence-corrected chi connectivity index (χ4v) is 3.86. The van der Waals surface area contributed by atoms with Gasteiger partial charge in [0.2, 0.25) is 0 Å². The monoisotopic (exact) mass is 412 g/mol. The van der Waals surface area contributed by atoms with Crippen LogP contribution in [0, 0.1) is 0 Å². The molecule has 1 saturated heterocycles. The number of rotatable bonds is 4. The quantitative estimate of drug-likeness (QED) is 0.535. The average Bonchev–Trinajstić information content (AvgIpc) is 3.22. The predicted octanol–water partition coefficient (Wildman–Crippen LogP) is 3.63. The maximum atomic E-state index is 12.8. The van der Waals surface area contributed by atoms with Crippen LogP contribution in [0.5, 0.6) is 0 Å². The summed E-state index contributed by atoms with van der Waals surface area (Å²) in [6, 6.07) is 19.8. The molecule has 5 rings (SSSR count). The lowest BCUT2D eigenvalue weighted by molar-refractivity contribution is 0.102. The van der Waals surface area contributed by atoms with Crippen molar-refractivity contribution in [2.45, 2.75) is 0 Å². The largest absolute Gasteiger partial charge is 0.369 e. The topological polar surface area (TPSA) is 77.1 Å². The van der Waals surface area contributed by atoms with Crippen LogP contribution in [-0.2, 0) is 0 Å². The Labute approximate surface area is 180 Å². The molecule has 0 radical (unpaired) electrons. The number of aromatic nitrogens is 3. The molecule has 0 saturated carbocycles. The molecule has 1 fully saturated rings. The third kappa shape index (κ3) is 4.00. The summed E-state index contributed by atoms with van der Waals surface area (Å²) in [6.45, 7) is 4.09. The van der Waals surface area contributed by atoms with Crippen LogP contribution in [0.15, 0.2) is 66.9 Å². The number of benzene rings is 2. The Balaban J connectivity index is 1.34. The number of H-pyrrole nitrogens is 1. The first-order valence-corrected chi connectivity index (χ1v) is 10.4. The molecule has 2 aromatic heterocycles. The van der Waals surface area contributed by atoms with Gasteiger partial charge in [-0.15, -0.1) is 0 Å². The van der Waals surface area contributed by atoms with E-state index in [1.807, 2.05) is 60.7 Å². The number of hydrogen-bond donors (Lipinski definition) is 2. The smallest absolute Gasteiger partial charge is 0.256 e. The predicted molar refractivity (Wildman–Crippen MR) is 123 cm³/mol. The third-order valence-corrected chi connectivity index (χ3v) is 5.75. The van der Waals surface area contributed by atoms with Crippen molar-refractivity contribution in [2.75, 3.05) is 43.4 Å². The summed E-state index contributed by atoms with van der Waals surface area (Å²) in [5, 5.41) is 10.9. The van der Waals surface area contributed by atoms with Gasteiger partial charge in [0.15, 0.2) is 11.5 Å². The summed E-state index contributed by atoms with van der Waals surface area (Å²) in [7, 11) is 2.14. The molecule has 31 heavy (non-hydrogen) atoms. The number of carbonyl (C=O) groups excluding carboxylic acids is 1. The van der Waals surface area contributed by atoms with Gasteiger partial charge in [-0.1, -0.05) is 30.3 Å². The fraction of sp³-hybridized carbons (Fsp3) is 0.208. The van der Waals surface area contributed by atoms with Gasteiger partial charge >= 0.3 is 0 Å². The van der Waals surface area contributed by atoms with E-state index >= 15 is 0 Å². The summed E-state index contributed by atoms with van der Waals surface area (Å²) in [6.07, 6.45) is 1.80. The standard InChI is InChI=1S/C24H24N6O/c1-29-11-13-30(14-12-29)20-9-7-18(8-10-20)24(31)26-23-21-15-19(16-25-22(21)27-28-23)17-5-3-2-4-6-17/h2-10,15-16H,11-14H2,1H3,(H2,25,26,27,28,31). The Morgan fingerprint density at radius 2 is 1.71 bits per heavy atom. The lowest BCUT2D eigenvalue weighted by Gasteiger charge is -2.34. The zero-order valence-corrected chi connectivity index (χ0v) is 17.4. The minimum absolute atomic E-state index is 0.191. The first kappa shape index (κ1) is 19.3. The Morgan fingerprint density at radius 3 is 2.45 bits per heavy atom.